The van der Waals surface area contributed by atoms with Gasteiger partial charge in [0.25, 0.3) is 0 Å². The summed E-state index contributed by atoms with van der Waals surface area (Å²) in [6, 6.07) is 3.48. The lowest BCUT2D eigenvalue weighted by molar-refractivity contribution is -0.136. The Morgan fingerprint density at radius 3 is 2.57 bits per heavy atom. The quantitative estimate of drug-likeness (QED) is 0.670. The summed E-state index contributed by atoms with van der Waals surface area (Å²) in [5.74, 6) is -0.892. The minimum Gasteiger partial charge on any atom is -0.466 e. The van der Waals surface area contributed by atoms with E-state index >= 15 is 0 Å². The lowest BCUT2D eigenvalue weighted by atomic mass is 9.90. The number of hydrogen-bond donors (Lipinski definition) is 1. The van der Waals surface area contributed by atoms with Gasteiger partial charge in [-0.05, 0) is 63.0 Å². The van der Waals surface area contributed by atoms with E-state index in [4.69, 9.17) is 10.5 Å². The second-order valence-corrected chi connectivity index (χ2v) is 5.68. The van der Waals surface area contributed by atoms with Crippen molar-refractivity contribution in [2.75, 3.05) is 7.11 Å². The molecular weight excluding hydrogens is 295 g/mol. The highest BCUT2D eigenvalue weighted by Crippen LogP contribution is 2.31. The van der Waals surface area contributed by atoms with Crippen LogP contribution in [0.1, 0.15) is 37.9 Å². The number of carbonyl (C=O) groups is 1. The highest BCUT2D eigenvalue weighted by Gasteiger charge is 2.20. The van der Waals surface area contributed by atoms with Crippen molar-refractivity contribution in [3.63, 3.8) is 0 Å². The molecule has 0 fully saturated rings. The van der Waals surface area contributed by atoms with Gasteiger partial charge in [-0.25, -0.2) is 9.78 Å². The molecule has 0 atom stereocenters. The van der Waals surface area contributed by atoms with Crippen molar-refractivity contribution < 1.29 is 13.9 Å². The fourth-order valence-electron chi connectivity index (χ4n) is 2.61. The minimum atomic E-state index is -0.515. The third-order valence-electron chi connectivity index (χ3n) is 4.11. The summed E-state index contributed by atoms with van der Waals surface area (Å²) in [7, 11) is 1.35. The van der Waals surface area contributed by atoms with Crippen LogP contribution < -0.4 is 5.73 Å². The number of aromatic nitrogens is 1. The molecule has 0 bridgehead atoms. The highest BCUT2D eigenvalue weighted by molar-refractivity contribution is 5.91. The van der Waals surface area contributed by atoms with Gasteiger partial charge < -0.3 is 10.5 Å². The number of methoxy groups -OCH3 is 1. The normalized spacial score (nSPS) is 16.0. The van der Waals surface area contributed by atoms with Crippen LogP contribution in [-0.2, 0) is 9.53 Å². The Labute approximate surface area is 135 Å². The zero-order valence-electron chi connectivity index (χ0n) is 13.9. The van der Waals surface area contributed by atoms with E-state index < -0.39 is 5.95 Å². The summed E-state index contributed by atoms with van der Waals surface area (Å²) in [6.45, 7) is 5.43. The lowest BCUT2D eigenvalue weighted by Gasteiger charge is -2.18. The van der Waals surface area contributed by atoms with Crippen molar-refractivity contribution in [1.82, 2.24) is 4.98 Å². The molecule has 5 heteroatoms. The van der Waals surface area contributed by atoms with E-state index in [9.17, 15) is 9.18 Å². The number of allylic oxidation sites excluding steroid dienone is 4. The molecule has 1 heterocycles. The molecule has 0 unspecified atom stereocenters. The van der Waals surface area contributed by atoms with Crippen LogP contribution in [0.25, 0.3) is 5.57 Å². The minimum absolute atomic E-state index is 0.377. The molecule has 4 nitrogen and oxygen atoms in total. The van der Waals surface area contributed by atoms with Crippen LogP contribution in [0.3, 0.4) is 0 Å². The van der Waals surface area contributed by atoms with Crippen molar-refractivity contribution in [3.05, 3.63) is 57.8 Å². The molecule has 1 aromatic heterocycles. The average Bonchev–Trinajstić information content (AvgIpc) is 2.51. The maximum absolute atomic E-state index is 14.2. The number of rotatable bonds is 2. The second-order valence-electron chi connectivity index (χ2n) is 5.68. The van der Waals surface area contributed by atoms with Crippen molar-refractivity contribution >= 4 is 11.5 Å². The maximum atomic E-state index is 14.2. The van der Waals surface area contributed by atoms with Gasteiger partial charge in [-0.2, -0.15) is 4.39 Å². The van der Waals surface area contributed by atoms with Gasteiger partial charge in [0.1, 0.15) is 0 Å². The van der Waals surface area contributed by atoms with E-state index in [0.29, 0.717) is 40.9 Å². The first kappa shape index (κ1) is 16.9. The molecule has 0 saturated carbocycles. The van der Waals surface area contributed by atoms with Gasteiger partial charge in [0.05, 0.1) is 7.11 Å². The molecule has 0 radical (unpaired) electrons. The Morgan fingerprint density at radius 1 is 1.26 bits per heavy atom. The van der Waals surface area contributed by atoms with E-state index in [1.807, 2.05) is 6.92 Å². The van der Waals surface area contributed by atoms with Gasteiger partial charge in [0.2, 0.25) is 5.95 Å². The van der Waals surface area contributed by atoms with E-state index in [-0.39, 0.29) is 5.97 Å². The Bertz CT molecular complexity index is 745. The highest BCUT2D eigenvalue weighted by atomic mass is 19.1. The lowest BCUT2D eigenvalue weighted by Crippen LogP contribution is -2.13. The number of esters is 1. The van der Waals surface area contributed by atoms with Crippen LogP contribution in [0.4, 0.5) is 4.39 Å². The third-order valence-corrected chi connectivity index (χ3v) is 4.11. The van der Waals surface area contributed by atoms with E-state index in [0.717, 1.165) is 11.1 Å². The fourth-order valence-corrected chi connectivity index (χ4v) is 2.61. The summed E-state index contributed by atoms with van der Waals surface area (Å²) in [4.78, 5) is 15.8. The van der Waals surface area contributed by atoms with Gasteiger partial charge in [-0.3, -0.25) is 0 Å². The second kappa shape index (κ2) is 6.77. The summed E-state index contributed by atoms with van der Waals surface area (Å²) >= 11 is 0. The average molecular weight is 316 g/mol. The summed E-state index contributed by atoms with van der Waals surface area (Å²) in [5, 5.41) is 0. The molecule has 0 aromatic carbocycles. The van der Waals surface area contributed by atoms with Gasteiger partial charge in [0, 0.05) is 22.5 Å². The zero-order chi connectivity index (χ0) is 17.1. The summed E-state index contributed by atoms with van der Waals surface area (Å²) < 4.78 is 19.0. The maximum Gasteiger partial charge on any atom is 0.334 e. The monoisotopic (exact) mass is 316 g/mol. The number of nitrogens with zero attached hydrogens (tertiary/aromatic N) is 1. The van der Waals surface area contributed by atoms with Crippen molar-refractivity contribution in [1.29, 1.82) is 0 Å². The molecule has 0 aliphatic heterocycles. The molecule has 1 aliphatic rings. The number of pyridine rings is 1. The predicted octanol–water partition coefficient (Wildman–Crippen LogP) is 3.43. The van der Waals surface area contributed by atoms with Gasteiger partial charge >= 0.3 is 5.97 Å². The summed E-state index contributed by atoms with van der Waals surface area (Å²) in [5.41, 5.74) is 10.5. The fraction of sp³-hybridized carbons (Fsp3) is 0.333. The van der Waals surface area contributed by atoms with E-state index in [1.165, 1.54) is 7.11 Å². The largest absolute Gasteiger partial charge is 0.466 e. The SMILES string of the molecule is COC(=O)C1=C(C)C(N)=CC(c2ccc(C)nc2F)=C(C)CC1. The Hall–Kier alpha value is -2.43. The van der Waals surface area contributed by atoms with E-state index in [1.54, 1.807) is 32.1 Å². The topological polar surface area (TPSA) is 65.2 Å². The van der Waals surface area contributed by atoms with Crippen molar-refractivity contribution in [2.24, 2.45) is 5.73 Å². The summed E-state index contributed by atoms with van der Waals surface area (Å²) in [6.07, 6.45) is 2.83. The van der Waals surface area contributed by atoms with Crippen LogP contribution in [-0.4, -0.2) is 18.1 Å². The molecule has 0 saturated heterocycles. The molecule has 2 N–H and O–H groups in total. The van der Waals surface area contributed by atoms with Gasteiger partial charge in [-0.15, -0.1) is 0 Å². The predicted molar refractivity (Wildman–Crippen MR) is 87.7 cm³/mol. The van der Waals surface area contributed by atoms with Gasteiger partial charge in [0.15, 0.2) is 0 Å². The number of nitrogens with two attached hydrogens (primary N) is 1. The molecule has 1 aliphatic carbocycles. The Morgan fingerprint density at radius 2 is 1.96 bits per heavy atom. The Kier molecular flexibility index (Phi) is 4.98. The number of halogens is 1. The first-order valence-corrected chi connectivity index (χ1v) is 7.44. The van der Waals surface area contributed by atoms with Crippen LogP contribution >= 0.6 is 0 Å². The molecule has 122 valence electrons. The third kappa shape index (κ3) is 3.50. The molecular formula is C18H21FN2O2. The number of hydrogen-bond acceptors (Lipinski definition) is 4. The van der Waals surface area contributed by atoms with Gasteiger partial charge in [-0.1, -0.05) is 5.57 Å². The van der Waals surface area contributed by atoms with Crippen LogP contribution in [0.2, 0.25) is 0 Å². The van der Waals surface area contributed by atoms with Crippen LogP contribution in [0, 0.1) is 12.9 Å². The van der Waals surface area contributed by atoms with Crippen LogP contribution in [0.5, 0.6) is 0 Å². The number of ether oxygens (including phenoxy) is 1. The van der Waals surface area contributed by atoms with Crippen molar-refractivity contribution in [2.45, 2.75) is 33.6 Å². The number of carbonyl (C=O) groups excluding carboxylic acids is 1. The first-order chi connectivity index (χ1) is 10.8. The van der Waals surface area contributed by atoms with E-state index in [2.05, 4.69) is 4.98 Å². The molecule has 2 rings (SSSR count). The molecule has 1 aromatic rings. The zero-order valence-corrected chi connectivity index (χ0v) is 13.9. The molecule has 0 amide bonds. The van der Waals surface area contributed by atoms with Crippen molar-refractivity contribution in [3.8, 4) is 0 Å². The van der Waals surface area contributed by atoms with Crippen LogP contribution in [0.15, 0.2) is 40.6 Å². The smallest absolute Gasteiger partial charge is 0.334 e. The standard InChI is InChI=1S/C18H21FN2O2/c1-10-5-7-13(18(22)23-4)12(3)16(20)9-15(10)14-8-6-11(2)21-17(14)19/h6,8-9H,5,7,20H2,1-4H3. The Balaban J connectivity index is 2.56. The molecule has 0 spiro atoms. The number of aryl methyl sites for hydroxylation is 1. The molecule has 23 heavy (non-hydrogen) atoms. The first-order valence-electron chi connectivity index (χ1n) is 7.44.